The van der Waals surface area contributed by atoms with Crippen molar-refractivity contribution in [1.82, 2.24) is 4.98 Å². The zero-order valence-corrected chi connectivity index (χ0v) is 27.9. The van der Waals surface area contributed by atoms with Crippen molar-refractivity contribution in [3.63, 3.8) is 0 Å². The molecule has 2 rings (SSSR count). The Morgan fingerprint density at radius 1 is 1.14 bits per heavy atom. The van der Waals surface area contributed by atoms with E-state index in [0.717, 1.165) is 31.3 Å². The molecular formula is C35H53NO7S. The van der Waals surface area contributed by atoms with Crippen LogP contribution in [-0.2, 0) is 9.53 Å². The molecule has 0 saturated carbocycles. The third-order valence-corrected chi connectivity index (χ3v) is 9.26. The molecule has 1 aromatic heterocycles. The van der Waals surface area contributed by atoms with Gasteiger partial charge in [0.05, 0.1) is 35.1 Å². The van der Waals surface area contributed by atoms with E-state index in [1.807, 2.05) is 38.3 Å². The van der Waals surface area contributed by atoms with Crippen molar-refractivity contribution in [2.75, 3.05) is 0 Å². The van der Waals surface area contributed by atoms with Crippen molar-refractivity contribution >= 4 is 23.4 Å². The molecule has 0 aliphatic carbocycles. The van der Waals surface area contributed by atoms with Crippen molar-refractivity contribution in [2.24, 2.45) is 5.92 Å². The van der Waals surface area contributed by atoms with Crippen molar-refractivity contribution in [1.29, 1.82) is 0 Å². The van der Waals surface area contributed by atoms with Crippen LogP contribution in [0.1, 0.15) is 103 Å². The number of unbranched alkanes of at least 4 members (excludes halogenated alkanes) is 3. The highest BCUT2D eigenvalue weighted by Gasteiger charge is 2.38. The van der Waals surface area contributed by atoms with Gasteiger partial charge in [0.15, 0.2) is 0 Å². The molecule has 2 heterocycles. The van der Waals surface area contributed by atoms with Gasteiger partial charge in [-0.15, -0.1) is 11.3 Å². The van der Waals surface area contributed by atoms with Gasteiger partial charge in [-0.05, 0) is 51.7 Å². The summed E-state index contributed by atoms with van der Waals surface area (Å²) in [4.78, 5) is 18.4. The van der Waals surface area contributed by atoms with Crippen LogP contribution in [0.3, 0.4) is 0 Å². The molecule has 0 fully saturated rings. The molecule has 0 amide bonds. The number of carbonyl (C=O) groups is 1. The van der Waals surface area contributed by atoms with Crippen LogP contribution < -0.4 is 0 Å². The van der Waals surface area contributed by atoms with Crippen LogP contribution in [0, 0.1) is 5.92 Å². The lowest BCUT2D eigenvalue weighted by atomic mass is 9.87. The maximum Gasteiger partial charge on any atom is 0.334 e. The van der Waals surface area contributed by atoms with E-state index in [0.29, 0.717) is 28.3 Å². The van der Waals surface area contributed by atoms with E-state index in [-0.39, 0.29) is 18.8 Å². The van der Waals surface area contributed by atoms with Crippen molar-refractivity contribution in [3.05, 3.63) is 69.3 Å². The molecule has 246 valence electrons. The Kier molecular flexibility index (Phi) is 16.5. The lowest BCUT2D eigenvalue weighted by Gasteiger charge is -2.34. The molecule has 0 radical (unpaired) electrons. The van der Waals surface area contributed by atoms with Crippen LogP contribution in [-0.4, -0.2) is 73.1 Å². The number of carbonyl (C=O) groups excluding carboxylic acids is 1. The van der Waals surface area contributed by atoms with Gasteiger partial charge in [0.25, 0.3) is 0 Å². The maximum absolute atomic E-state index is 13.8. The monoisotopic (exact) mass is 631 g/mol. The Morgan fingerprint density at radius 2 is 1.86 bits per heavy atom. The summed E-state index contributed by atoms with van der Waals surface area (Å²) in [5, 5.41) is 57.1. The number of thiazole rings is 1. The third kappa shape index (κ3) is 11.8. The van der Waals surface area contributed by atoms with E-state index in [9.17, 15) is 30.3 Å². The van der Waals surface area contributed by atoms with Crippen molar-refractivity contribution < 1.29 is 35.1 Å². The van der Waals surface area contributed by atoms with E-state index >= 15 is 0 Å². The normalized spacial score (nSPS) is 28.0. The second-order valence-electron chi connectivity index (χ2n) is 12.0. The van der Waals surface area contributed by atoms with Crippen LogP contribution in [0.4, 0.5) is 0 Å². The minimum atomic E-state index is -1.48. The number of rotatable bonds is 9. The van der Waals surface area contributed by atoms with Crippen LogP contribution >= 0.6 is 11.3 Å². The smallest absolute Gasteiger partial charge is 0.334 e. The molecule has 8 atom stereocenters. The summed E-state index contributed by atoms with van der Waals surface area (Å²) in [5.41, 5.74) is 2.54. The fourth-order valence-corrected chi connectivity index (χ4v) is 5.97. The second kappa shape index (κ2) is 19.2. The molecule has 1 aliphatic heterocycles. The van der Waals surface area contributed by atoms with Gasteiger partial charge in [-0.3, -0.25) is 0 Å². The number of aromatic nitrogens is 1. The van der Waals surface area contributed by atoms with Gasteiger partial charge < -0.3 is 30.3 Å². The summed E-state index contributed by atoms with van der Waals surface area (Å²) in [7, 11) is 0. The fraction of sp³-hybridized carbons (Fsp3) is 0.600. The number of esters is 1. The predicted octanol–water partition coefficient (Wildman–Crippen LogP) is 5.77. The maximum atomic E-state index is 13.8. The number of nitrogens with zero attached hydrogens (tertiary/aromatic N) is 1. The van der Waals surface area contributed by atoms with Crippen LogP contribution in [0.15, 0.2) is 58.6 Å². The number of allylic oxidation sites excluding steroid dienone is 5. The number of fused-ring (bicyclic) bond motifs is 2. The molecular weight excluding hydrogens is 578 g/mol. The van der Waals surface area contributed by atoms with Gasteiger partial charge in [-0.2, -0.15) is 0 Å². The largest absolute Gasteiger partial charge is 0.456 e. The first-order valence-corrected chi connectivity index (χ1v) is 16.7. The first-order chi connectivity index (χ1) is 20.9. The molecule has 0 spiro atoms. The summed E-state index contributed by atoms with van der Waals surface area (Å²) in [5.74, 6) is -1.71. The second-order valence-corrected chi connectivity index (χ2v) is 12.8. The van der Waals surface area contributed by atoms with Gasteiger partial charge in [-0.25, -0.2) is 9.78 Å². The predicted molar refractivity (Wildman–Crippen MR) is 177 cm³/mol. The number of ether oxygens (including phenoxy) is 1. The molecule has 44 heavy (non-hydrogen) atoms. The summed E-state index contributed by atoms with van der Waals surface area (Å²) in [6.07, 6.45) is 9.51. The minimum Gasteiger partial charge on any atom is -0.456 e. The third-order valence-electron chi connectivity index (χ3n) is 8.20. The first-order valence-electron chi connectivity index (χ1n) is 15.8. The summed E-state index contributed by atoms with van der Waals surface area (Å²) in [6, 6.07) is 0. The summed E-state index contributed by atoms with van der Waals surface area (Å²) in [6.45, 7) is 11.3. The fourth-order valence-electron chi connectivity index (χ4n) is 5.08. The molecule has 0 aromatic carbocycles. The summed E-state index contributed by atoms with van der Waals surface area (Å²) >= 11 is 1.37. The van der Waals surface area contributed by atoms with E-state index in [1.165, 1.54) is 11.3 Å². The van der Waals surface area contributed by atoms with E-state index in [1.54, 1.807) is 44.2 Å². The standard InChI is InChI=1S/C35H53NO7S/c1-7-9-10-12-15-26-19-27-21-44-34(36-27)24(5)30(39)20-28(37)16-13-11-14-17-29(38)32(41)33(43-35(26)42)25(6)31(40)23(4)18-22(3)8-2/h8,11,13-14,16,18-19,21,24-25,28-33,37-41H,7,9-10,12,15,17,20H2,1-6H3/t24-,25+,28+,29-,30-,31-,32+,33-/m0/s1. The van der Waals surface area contributed by atoms with Crippen LogP contribution in [0.2, 0.25) is 0 Å². The van der Waals surface area contributed by atoms with Crippen LogP contribution in [0.5, 0.6) is 0 Å². The molecule has 2 bridgehead atoms. The number of cyclic esters (lactones) is 1. The van der Waals surface area contributed by atoms with Crippen LogP contribution in [0.25, 0.3) is 6.08 Å². The Labute approximate surface area is 267 Å². The zero-order chi connectivity index (χ0) is 32.8. The van der Waals surface area contributed by atoms with Crippen molar-refractivity contribution in [2.45, 2.75) is 129 Å². The molecule has 1 aliphatic rings. The van der Waals surface area contributed by atoms with Gasteiger partial charge in [-0.1, -0.05) is 82.1 Å². The Morgan fingerprint density at radius 3 is 2.55 bits per heavy atom. The van der Waals surface area contributed by atoms with Gasteiger partial charge >= 0.3 is 5.97 Å². The number of aliphatic hydroxyl groups excluding tert-OH is 5. The van der Waals surface area contributed by atoms with E-state index in [4.69, 9.17) is 4.74 Å². The van der Waals surface area contributed by atoms with E-state index in [2.05, 4.69) is 11.9 Å². The van der Waals surface area contributed by atoms with Gasteiger partial charge in [0, 0.05) is 29.2 Å². The van der Waals surface area contributed by atoms with Crippen molar-refractivity contribution in [3.8, 4) is 0 Å². The molecule has 9 heteroatoms. The molecule has 8 nitrogen and oxygen atoms in total. The average Bonchev–Trinajstić information content (AvgIpc) is 3.47. The molecule has 1 aromatic rings. The molecule has 0 unspecified atom stereocenters. The summed E-state index contributed by atoms with van der Waals surface area (Å²) < 4.78 is 5.98. The lowest BCUT2D eigenvalue weighted by Crippen LogP contribution is -2.47. The Hall–Kier alpha value is -2.40. The number of hydrogen-bond donors (Lipinski definition) is 5. The van der Waals surface area contributed by atoms with Gasteiger partial charge in [0.1, 0.15) is 12.2 Å². The zero-order valence-electron chi connectivity index (χ0n) is 27.1. The molecule has 0 saturated heterocycles. The topological polar surface area (TPSA) is 140 Å². The minimum absolute atomic E-state index is 0.0473. The quantitative estimate of drug-likeness (QED) is 0.131. The van der Waals surface area contributed by atoms with E-state index < -0.39 is 48.5 Å². The highest BCUT2D eigenvalue weighted by atomic mass is 32.1. The van der Waals surface area contributed by atoms with Gasteiger partial charge in [0.2, 0.25) is 0 Å². The number of aliphatic hydroxyl groups is 5. The SMILES string of the molecule is CC=C(C)C=C(C)[C@H](O)[C@@H](C)[C@@H]1OC(=O)C(CCCCCC)=Cc2csc(n2)[C@@H](C)[C@@H](O)C[C@H](O)C=CC=CC[C@H](O)[C@H]1O. The molecule has 5 N–H and O–H groups in total. The first kappa shape index (κ1) is 37.8. The Bertz CT molecular complexity index is 1180. The Balaban J connectivity index is 2.55. The average molecular weight is 632 g/mol. The number of hydrogen-bond acceptors (Lipinski definition) is 9. The highest BCUT2D eigenvalue weighted by molar-refractivity contribution is 7.09. The lowest BCUT2D eigenvalue weighted by molar-refractivity contribution is -0.164. The highest BCUT2D eigenvalue weighted by Crippen LogP contribution is 2.29.